The Labute approximate surface area is 121 Å². The molecule has 0 unspecified atom stereocenters. The molecule has 0 radical (unpaired) electrons. The molecule has 1 aromatic carbocycles. The van der Waals surface area contributed by atoms with Crippen molar-refractivity contribution < 1.29 is 19.2 Å². The number of nitro benzene ring substituents is 1. The molecule has 0 aliphatic rings. The van der Waals surface area contributed by atoms with Crippen molar-refractivity contribution in [2.24, 2.45) is 0 Å². The summed E-state index contributed by atoms with van der Waals surface area (Å²) in [5.74, 6) is -1.01. The Hall–Kier alpha value is -2.70. The van der Waals surface area contributed by atoms with Gasteiger partial charge in [-0.2, -0.15) is 0 Å². The maximum atomic E-state index is 11.4. The summed E-state index contributed by atoms with van der Waals surface area (Å²) in [5.41, 5.74) is 0.593. The second kappa shape index (κ2) is 8.47. The van der Waals surface area contributed by atoms with E-state index in [0.717, 1.165) is 12.5 Å². The topological polar surface area (TPSA) is 98.5 Å². The van der Waals surface area contributed by atoms with Crippen LogP contribution in [0.25, 0.3) is 6.08 Å². The van der Waals surface area contributed by atoms with Gasteiger partial charge in [0.2, 0.25) is 0 Å². The highest BCUT2D eigenvalue weighted by Gasteiger charge is 2.05. The molecule has 0 bridgehead atoms. The van der Waals surface area contributed by atoms with Crippen LogP contribution in [0.3, 0.4) is 0 Å². The maximum Gasteiger partial charge on any atom is 0.331 e. The highest BCUT2D eigenvalue weighted by atomic mass is 16.6. The minimum absolute atomic E-state index is 0.0256. The number of nitrogens with zero attached hydrogens (tertiary/aromatic N) is 1. The maximum absolute atomic E-state index is 11.4. The van der Waals surface area contributed by atoms with Crippen LogP contribution in [-0.4, -0.2) is 30.0 Å². The number of rotatable bonds is 7. The van der Waals surface area contributed by atoms with E-state index < -0.39 is 10.9 Å². The highest BCUT2D eigenvalue weighted by molar-refractivity contribution is 5.89. The molecule has 1 N–H and O–H groups in total. The Bertz CT molecular complexity index is 537. The summed E-state index contributed by atoms with van der Waals surface area (Å²) in [6.45, 7) is 2.12. The number of benzene rings is 1. The van der Waals surface area contributed by atoms with E-state index in [1.54, 1.807) is 0 Å². The number of amides is 1. The third kappa shape index (κ3) is 6.33. The normalized spacial score (nSPS) is 10.3. The number of ether oxygens (including phenoxy) is 1. The molecule has 0 atom stereocenters. The van der Waals surface area contributed by atoms with Gasteiger partial charge in [-0.05, 0) is 30.2 Å². The second-order valence-corrected chi connectivity index (χ2v) is 4.14. The SMILES string of the molecule is CCCNC(=O)COC(=O)/C=C/c1ccc([N+](=O)[O-])cc1. The number of nitro groups is 1. The van der Waals surface area contributed by atoms with Gasteiger partial charge in [-0.1, -0.05) is 6.92 Å². The zero-order chi connectivity index (χ0) is 15.7. The first-order chi connectivity index (χ1) is 10.0. The minimum Gasteiger partial charge on any atom is -0.452 e. The lowest BCUT2D eigenvalue weighted by Crippen LogP contribution is -2.28. The third-order valence-corrected chi connectivity index (χ3v) is 2.43. The molecule has 0 spiro atoms. The first-order valence-corrected chi connectivity index (χ1v) is 6.39. The summed E-state index contributed by atoms with van der Waals surface area (Å²) >= 11 is 0. The van der Waals surface area contributed by atoms with Gasteiger partial charge in [-0.3, -0.25) is 14.9 Å². The lowest BCUT2D eigenvalue weighted by atomic mass is 10.2. The van der Waals surface area contributed by atoms with E-state index >= 15 is 0 Å². The van der Waals surface area contributed by atoms with Crippen molar-refractivity contribution in [3.8, 4) is 0 Å². The summed E-state index contributed by atoms with van der Waals surface area (Å²) in [6, 6.07) is 5.69. The number of hydrogen-bond acceptors (Lipinski definition) is 5. The molecule has 0 aromatic heterocycles. The predicted molar refractivity (Wildman–Crippen MR) is 76.4 cm³/mol. The number of esters is 1. The van der Waals surface area contributed by atoms with E-state index in [4.69, 9.17) is 4.74 Å². The van der Waals surface area contributed by atoms with Crippen molar-refractivity contribution in [2.75, 3.05) is 13.2 Å². The number of non-ortho nitro benzene ring substituents is 1. The molecule has 7 heteroatoms. The average Bonchev–Trinajstić information content (AvgIpc) is 2.49. The van der Waals surface area contributed by atoms with Crippen LogP contribution >= 0.6 is 0 Å². The Morgan fingerprint density at radius 3 is 2.57 bits per heavy atom. The van der Waals surface area contributed by atoms with Crippen molar-refractivity contribution in [2.45, 2.75) is 13.3 Å². The van der Waals surface area contributed by atoms with E-state index in [-0.39, 0.29) is 18.2 Å². The highest BCUT2D eigenvalue weighted by Crippen LogP contribution is 2.12. The Kier molecular flexibility index (Phi) is 6.59. The fourth-order valence-electron chi connectivity index (χ4n) is 1.37. The summed E-state index contributed by atoms with van der Waals surface area (Å²) < 4.78 is 4.74. The van der Waals surface area contributed by atoms with Gasteiger partial charge < -0.3 is 10.1 Å². The van der Waals surface area contributed by atoms with Gasteiger partial charge in [-0.25, -0.2) is 4.79 Å². The van der Waals surface area contributed by atoms with Gasteiger partial charge in [0.1, 0.15) is 0 Å². The predicted octanol–water partition coefficient (Wildman–Crippen LogP) is 1.68. The molecule has 1 aromatic rings. The van der Waals surface area contributed by atoms with Gasteiger partial charge in [0.05, 0.1) is 4.92 Å². The Morgan fingerprint density at radius 1 is 1.33 bits per heavy atom. The third-order valence-electron chi connectivity index (χ3n) is 2.43. The molecule has 0 aliphatic carbocycles. The molecule has 0 heterocycles. The Balaban J connectivity index is 2.43. The molecule has 0 saturated heterocycles. The van der Waals surface area contributed by atoms with E-state index in [9.17, 15) is 19.7 Å². The van der Waals surface area contributed by atoms with Crippen LogP contribution in [0, 0.1) is 10.1 Å². The smallest absolute Gasteiger partial charge is 0.331 e. The molecule has 21 heavy (non-hydrogen) atoms. The molecule has 1 rings (SSSR count). The largest absolute Gasteiger partial charge is 0.452 e. The van der Waals surface area contributed by atoms with Gasteiger partial charge in [0, 0.05) is 24.8 Å². The summed E-state index contributed by atoms with van der Waals surface area (Å²) in [7, 11) is 0. The lowest BCUT2D eigenvalue weighted by Gasteiger charge is -2.03. The first kappa shape index (κ1) is 16.4. The van der Waals surface area contributed by atoms with Crippen molar-refractivity contribution in [1.29, 1.82) is 0 Å². The fourth-order valence-corrected chi connectivity index (χ4v) is 1.37. The zero-order valence-corrected chi connectivity index (χ0v) is 11.6. The quantitative estimate of drug-likeness (QED) is 0.357. The van der Waals surface area contributed by atoms with E-state index in [2.05, 4.69) is 5.32 Å². The summed E-state index contributed by atoms with van der Waals surface area (Å²) in [4.78, 5) is 32.6. The molecule has 0 saturated carbocycles. The number of hydrogen-bond donors (Lipinski definition) is 1. The van der Waals surface area contributed by atoms with Crippen LogP contribution in [0.5, 0.6) is 0 Å². The van der Waals surface area contributed by atoms with Gasteiger partial charge in [-0.15, -0.1) is 0 Å². The van der Waals surface area contributed by atoms with E-state index in [0.29, 0.717) is 12.1 Å². The Morgan fingerprint density at radius 2 is 2.00 bits per heavy atom. The van der Waals surface area contributed by atoms with E-state index in [1.807, 2.05) is 6.92 Å². The number of nitrogens with one attached hydrogen (secondary N) is 1. The summed E-state index contributed by atoms with van der Waals surface area (Å²) in [5, 5.41) is 13.1. The minimum atomic E-state index is -0.653. The van der Waals surface area contributed by atoms with Gasteiger partial charge in [0.25, 0.3) is 11.6 Å². The molecule has 112 valence electrons. The second-order valence-electron chi connectivity index (χ2n) is 4.14. The van der Waals surface area contributed by atoms with Crippen LogP contribution in [-0.2, 0) is 14.3 Å². The van der Waals surface area contributed by atoms with Crippen molar-refractivity contribution in [3.63, 3.8) is 0 Å². The van der Waals surface area contributed by atoms with Gasteiger partial charge >= 0.3 is 5.97 Å². The summed E-state index contributed by atoms with van der Waals surface area (Å²) in [6.07, 6.45) is 3.42. The van der Waals surface area contributed by atoms with Crippen LogP contribution in [0.15, 0.2) is 30.3 Å². The molecule has 0 fully saturated rings. The average molecular weight is 292 g/mol. The standard InChI is InChI=1S/C14H16N2O5/c1-2-9-15-13(17)10-21-14(18)8-5-11-3-6-12(7-4-11)16(19)20/h3-8H,2,9-10H2,1H3,(H,15,17)/b8-5+. The first-order valence-electron chi connectivity index (χ1n) is 6.39. The monoisotopic (exact) mass is 292 g/mol. The van der Waals surface area contributed by atoms with Gasteiger partial charge in [0.15, 0.2) is 6.61 Å². The van der Waals surface area contributed by atoms with E-state index in [1.165, 1.54) is 30.3 Å². The van der Waals surface area contributed by atoms with Crippen molar-refractivity contribution >= 4 is 23.6 Å². The fraction of sp³-hybridized carbons (Fsp3) is 0.286. The lowest BCUT2D eigenvalue weighted by molar-refractivity contribution is -0.384. The zero-order valence-electron chi connectivity index (χ0n) is 11.6. The molecule has 0 aliphatic heterocycles. The molecular weight excluding hydrogens is 276 g/mol. The van der Waals surface area contributed by atoms with Crippen LogP contribution in [0.1, 0.15) is 18.9 Å². The van der Waals surface area contributed by atoms with Crippen LogP contribution < -0.4 is 5.32 Å². The molecule has 7 nitrogen and oxygen atoms in total. The number of carbonyl (C=O) groups excluding carboxylic acids is 2. The van der Waals surface area contributed by atoms with Crippen molar-refractivity contribution in [3.05, 3.63) is 46.0 Å². The molecular formula is C14H16N2O5. The number of carbonyl (C=O) groups is 2. The van der Waals surface area contributed by atoms with Crippen LogP contribution in [0.4, 0.5) is 5.69 Å². The van der Waals surface area contributed by atoms with Crippen LogP contribution in [0.2, 0.25) is 0 Å². The van der Waals surface area contributed by atoms with Crippen molar-refractivity contribution in [1.82, 2.24) is 5.32 Å². The molecule has 1 amide bonds.